The first-order valence-corrected chi connectivity index (χ1v) is 6.14. The van der Waals surface area contributed by atoms with Gasteiger partial charge in [-0.25, -0.2) is 8.78 Å². The van der Waals surface area contributed by atoms with Crippen molar-refractivity contribution in [3.63, 3.8) is 0 Å². The highest BCUT2D eigenvalue weighted by atomic mass is 19.4. The molecule has 2 rings (SSSR count). The van der Waals surface area contributed by atoms with E-state index >= 15 is 0 Å². The minimum atomic E-state index is -4.40. The minimum absolute atomic E-state index is 0.197. The molecule has 0 aliphatic heterocycles. The monoisotopic (exact) mass is 301 g/mol. The van der Waals surface area contributed by atoms with Gasteiger partial charge in [0.15, 0.2) is 11.6 Å². The van der Waals surface area contributed by atoms with Crippen molar-refractivity contribution in [3.05, 3.63) is 70.8 Å². The van der Waals surface area contributed by atoms with Gasteiger partial charge in [0, 0.05) is 6.04 Å². The van der Waals surface area contributed by atoms with E-state index in [-0.39, 0.29) is 6.42 Å². The van der Waals surface area contributed by atoms with Crippen molar-refractivity contribution in [2.24, 2.45) is 5.73 Å². The Morgan fingerprint density at radius 2 is 1.52 bits per heavy atom. The van der Waals surface area contributed by atoms with Gasteiger partial charge in [-0.1, -0.05) is 18.2 Å². The Labute approximate surface area is 118 Å². The highest BCUT2D eigenvalue weighted by molar-refractivity contribution is 5.28. The third-order valence-corrected chi connectivity index (χ3v) is 3.11. The quantitative estimate of drug-likeness (QED) is 0.844. The van der Waals surface area contributed by atoms with Crippen LogP contribution < -0.4 is 5.73 Å². The van der Waals surface area contributed by atoms with Gasteiger partial charge in [-0.3, -0.25) is 0 Å². The summed E-state index contributed by atoms with van der Waals surface area (Å²) in [5.74, 6) is -1.94. The van der Waals surface area contributed by atoms with Gasteiger partial charge in [0.05, 0.1) is 5.56 Å². The topological polar surface area (TPSA) is 26.0 Å². The molecule has 2 aromatic rings. The van der Waals surface area contributed by atoms with E-state index in [1.54, 1.807) is 0 Å². The van der Waals surface area contributed by atoms with Crippen LogP contribution in [0.15, 0.2) is 42.5 Å². The SMILES string of the molecule is NC(Cc1ccc(F)c(F)c1)c1ccc(C(F)(F)F)cc1. The second kappa shape index (κ2) is 5.81. The maximum Gasteiger partial charge on any atom is 0.416 e. The molecule has 0 fully saturated rings. The van der Waals surface area contributed by atoms with E-state index in [0.29, 0.717) is 11.1 Å². The first-order chi connectivity index (χ1) is 9.77. The number of alkyl halides is 3. The molecule has 0 saturated heterocycles. The third kappa shape index (κ3) is 3.78. The molecule has 21 heavy (non-hydrogen) atoms. The first-order valence-electron chi connectivity index (χ1n) is 6.14. The summed E-state index contributed by atoms with van der Waals surface area (Å²) in [5, 5.41) is 0. The lowest BCUT2D eigenvalue weighted by atomic mass is 9.98. The van der Waals surface area contributed by atoms with Crippen LogP contribution in [0.5, 0.6) is 0 Å². The Morgan fingerprint density at radius 1 is 0.905 bits per heavy atom. The Hall–Kier alpha value is -1.95. The molecule has 1 atom stereocenters. The molecule has 0 aliphatic carbocycles. The van der Waals surface area contributed by atoms with Crippen molar-refractivity contribution in [2.75, 3.05) is 0 Å². The zero-order valence-corrected chi connectivity index (χ0v) is 10.8. The van der Waals surface area contributed by atoms with Gasteiger partial charge in [-0.15, -0.1) is 0 Å². The molecular weight excluding hydrogens is 289 g/mol. The van der Waals surface area contributed by atoms with E-state index in [1.165, 1.54) is 18.2 Å². The highest BCUT2D eigenvalue weighted by Crippen LogP contribution is 2.30. The lowest BCUT2D eigenvalue weighted by Crippen LogP contribution is -2.14. The maximum absolute atomic E-state index is 13.1. The van der Waals surface area contributed by atoms with Crippen molar-refractivity contribution < 1.29 is 22.0 Å². The third-order valence-electron chi connectivity index (χ3n) is 3.11. The number of hydrogen-bond donors (Lipinski definition) is 1. The summed E-state index contributed by atoms with van der Waals surface area (Å²) >= 11 is 0. The fraction of sp³-hybridized carbons (Fsp3) is 0.200. The molecule has 0 spiro atoms. The summed E-state index contributed by atoms with van der Waals surface area (Å²) in [6.07, 6.45) is -4.20. The van der Waals surface area contributed by atoms with Gasteiger partial charge < -0.3 is 5.73 Å². The van der Waals surface area contributed by atoms with E-state index in [9.17, 15) is 22.0 Å². The van der Waals surface area contributed by atoms with Crippen LogP contribution in [0.3, 0.4) is 0 Å². The normalized spacial score (nSPS) is 13.2. The van der Waals surface area contributed by atoms with Gasteiger partial charge in [0.2, 0.25) is 0 Å². The molecule has 0 heterocycles. The summed E-state index contributed by atoms with van der Waals surface area (Å²) in [4.78, 5) is 0. The van der Waals surface area contributed by atoms with E-state index in [4.69, 9.17) is 5.73 Å². The Morgan fingerprint density at radius 3 is 2.05 bits per heavy atom. The second-order valence-corrected chi connectivity index (χ2v) is 4.68. The van der Waals surface area contributed by atoms with Gasteiger partial charge in [-0.05, 0) is 41.8 Å². The summed E-state index contributed by atoms with van der Waals surface area (Å²) in [6, 6.07) is 7.27. The van der Waals surface area contributed by atoms with Crippen LogP contribution in [0.4, 0.5) is 22.0 Å². The van der Waals surface area contributed by atoms with Crippen LogP contribution >= 0.6 is 0 Å². The van der Waals surface area contributed by atoms with Crippen molar-refractivity contribution in [1.82, 2.24) is 0 Å². The van der Waals surface area contributed by atoms with Crippen LogP contribution in [0.2, 0.25) is 0 Å². The molecule has 0 bridgehead atoms. The fourth-order valence-electron chi connectivity index (χ4n) is 1.96. The lowest BCUT2D eigenvalue weighted by Gasteiger charge is -2.14. The molecule has 112 valence electrons. The van der Waals surface area contributed by atoms with Gasteiger partial charge in [0.25, 0.3) is 0 Å². The van der Waals surface area contributed by atoms with Crippen LogP contribution in [0, 0.1) is 11.6 Å². The molecule has 0 amide bonds. The summed E-state index contributed by atoms with van der Waals surface area (Å²) < 4.78 is 63.2. The predicted octanol–water partition coefficient (Wildman–Crippen LogP) is 4.23. The molecular formula is C15H12F5N. The summed E-state index contributed by atoms with van der Waals surface area (Å²) in [5.41, 5.74) is 6.09. The lowest BCUT2D eigenvalue weighted by molar-refractivity contribution is -0.137. The predicted molar refractivity (Wildman–Crippen MR) is 68.4 cm³/mol. The minimum Gasteiger partial charge on any atom is -0.324 e. The first kappa shape index (κ1) is 15.4. The molecule has 0 aromatic heterocycles. The molecule has 1 unspecified atom stereocenters. The molecule has 1 nitrogen and oxygen atoms in total. The number of hydrogen-bond acceptors (Lipinski definition) is 1. The number of halogens is 5. The molecule has 0 saturated carbocycles. The zero-order chi connectivity index (χ0) is 15.6. The van der Waals surface area contributed by atoms with Crippen molar-refractivity contribution in [2.45, 2.75) is 18.6 Å². The Balaban J connectivity index is 2.13. The van der Waals surface area contributed by atoms with Crippen LogP contribution in [0.1, 0.15) is 22.7 Å². The van der Waals surface area contributed by atoms with E-state index in [1.807, 2.05) is 0 Å². The highest BCUT2D eigenvalue weighted by Gasteiger charge is 2.30. The average Bonchev–Trinajstić information content (AvgIpc) is 2.42. The fourth-order valence-corrected chi connectivity index (χ4v) is 1.96. The van der Waals surface area contributed by atoms with Crippen molar-refractivity contribution in [1.29, 1.82) is 0 Å². The molecule has 6 heteroatoms. The average molecular weight is 301 g/mol. The smallest absolute Gasteiger partial charge is 0.324 e. The Kier molecular flexibility index (Phi) is 4.27. The van der Waals surface area contributed by atoms with Crippen LogP contribution in [-0.4, -0.2) is 0 Å². The molecule has 0 aliphatic rings. The number of benzene rings is 2. The Bertz CT molecular complexity index is 619. The van der Waals surface area contributed by atoms with E-state index < -0.39 is 29.4 Å². The van der Waals surface area contributed by atoms with Crippen LogP contribution in [-0.2, 0) is 12.6 Å². The standard InChI is InChI=1S/C15H12F5N/c16-12-6-1-9(7-13(12)17)8-14(21)10-2-4-11(5-3-10)15(18,19)20/h1-7,14H,8,21H2. The summed E-state index contributed by atoms with van der Waals surface area (Å²) in [6.45, 7) is 0. The number of rotatable bonds is 3. The second-order valence-electron chi connectivity index (χ2n) is 4.68. The molecule has 2 aromatic carbocycles. The zero-order valence-electron chi connectivity index (χ0n) is 10.8. The number of nitrogens with two attached hydrogens (primary N) is 1. The van der Waals surface area contributed by atoms with Crippen molar-refractivity contribution >= 4 is 0 Å². The largest absolute Gasteiger partial charge is 0.416 e. The van der Waals surface area contributed by atoms with Crippen LogP contribution in [0.25, 0.3) is 0 Å². The molecule has 2 N–H and O–H groups in total. The van der Waals surface area contributed by atoms with Gasteiger partial charge in [0.1, 0.15) is 0 Å². The van der Waals surface area contributed by atoms with Crippen molar-refractivity contribution in [3.8, 4) is 0 Å². The van der Waals surface area contributed by atoms with Gasteiger partial charge in [-0.2, -0.15) is 13.2 Å². The molecule has 0 radical (unpaired) electrons. The van der Waals surface area contributed by atoms with E-state index in [0.717, 1.165) is 24.3 Å². The maximum atomic E-state index is 13.1. The van der Waals surface area contributed by atoms with Gasteiger partial charge >= 0.3 is 6.18 Å². The van der Waals surface area contributed by atoms with E-state index in [2.05, 4.69) is 0 Å². The summed E-state index contributed by atoms with van der Waals surface area (Å²) in [7, 11) is 0.